The number of amides is 1. The van der Waals surface area contributed by atoms with Gasteiger partial charge in [0.05, 0.1) is 18.0 Å². The van der Waals surface area contributed by atoms with Gasteiger partial charge in [-0.05, 0) is 30.2 Å². The Balaban J connectivity index is 1.44. The fourth-order valence-corrected chi connectivity index (χ4v) is 3.30. The molecule has 1 aliphatic heterocycles. The number of Topliss-reactive ketones (excluding diaryl/α,β-unsaturated/α-hetero) is 1. The molecule has 1 saturated heterocycles. The molecule has 19 heavy (non-hydrogen) atoms. The van der Waals surface area contributed by atoms with Crippen LogP contribution in [0, 0.1) is 5.92 Å². The molecule has 0 spiro atoms. The van der Waals surface area contributed by atoms with Gasteiger partial charge in [-0.15, -0.1) is 11.3 Å². The lowest BCUT2D eigenvalue weighted by Gasteiger charge is -2.47. The first-order valence-corrected chi connectivity index (χ1v) is 7.53. The van der Waals surface area contributed by atoms with Crippen molar-refractivity contribution in [2.45, 2.75) is 31.3 Å². The summed E-state index contributed by atoms with van der Waals surface area (Å²) in [5.74, 6) is 0.404. The maximum Gasteiger partial charge on any atom is 0.223 e. The number of nitrogens with zero attached hydrogens (tertiary/aromatic N) is 1. The first-order chi connectivity index (χ1) is 9.08. The fourth-order valence-electron chi connectivity index (χ4n) is 2.61. The molecule has 4 nitrogen and oxygen atoms in total. The number of carbonyl (C=O) groups excluding carboxylic acids is 2. The van der Waals surface area contributed by atoms with Crippen LogP contribution < -0.4 is 0 Å². The van der Waals surface area contributed by atoms with Crippen molar-refractivity contribution in [1.82, 2.24) is 4.90 Å². The van der Waals surface area contributed by atoms with Crippen LogP contribution in [0.4, 0.5) is 0 Å². The van der Waals surface area contributed by atoms with Crippen LogP contribution >= 0.6 is 11.3 Å². The second kappa shape index (κ2) is 4.72. The van der Waals surface area contributed by atoms with Crippen molar-refractivity contribution >= 4 is 23.0 Å². The van der Waals surface area contributed by atoms with E-state index in [0.717, 1.165) is 12.8 Å². The summed E-state index contributed by atoms with van der Waals surface area (Å²) in [6.45, 7) is 0.896. The maximum atomic E-state index is 11.9. The van der Waals surface area contributed by atoms with E-state index >= 15 is 0 Å². The molecule has 102 valence electrons. The van der Waals surface area contributed by atoms with Crippen molar-refractivity contribution in [2.24, 2.45) is 5.92 Å². The number of rotatable bonds is 5. The number of ketones is 1. The molecule has 1 saturated carbocycles. The molecule has 3 rings (SSSR count). The van der Waals surface area contributed by atoms with E-state index in [0.29, 0.717) is 23.9 Å². The minimum Gasteiger partial charge on any atom is -0.386 e. The van der Waals surface area contributed by atoms with E-state index < -0.39 is 5.60 Å². The quantitative estimate of drug-likeness (QED) is 0.835. The number of likely N-dealkylation sites (tertiary alicyclic amines) is 1. The van der Waals surface area contributed by atoms with E-state index in [9.17, 15) is 14.7 Å². The van der Waals surface area contributed by atoms with Crippen LogP contribution in [-0.4, -0.2) is 40.4 Å². The minimum atomic E-state index is -0.632. The maximum absolute atomic E-state index is 11.9. The largest absolute Gasteiger partial charge is 0.386 e. The van der Waals surface area contributed by atoms with Crippen molar-refractivity contribution in [3.05, 3.63) is 22.4 Å². The smallest absolute Gasteiger partial charge is 0.223 e. The van der Waals surface area contributed by atoms with Gasteiger partial charge in [0.2, 0.25) is 5.91 Å². The van der Waals surface area contributed by atoms with Crippen LogP contribution in [0.15, 0.2) is 17.5 Å². The lowest BCUT2D eigenvalue weighted by Crippen LogP contribution is -2.64. The Labute approximate surface area is 116 Å². The molecule has 1 aromatic heterocycles. The summed E-state index contributed by atoms with van der Waals surface area (Å²) in [5.41, 5.74) is -0.632. The summed E-state index contributed by atoms with van der Waals surface area (Å²) in [6, 6.07) is 3.62. The van der Waals surface area contributed by atoms with E-state index in [1.54, 1.807) is 11.0 Å². The Kier molecular flexibility index (Phi) is 3.19. The predicted molar refractivity (Wildman–Crippen MR) is 72.1 cm³/mol. The molecule has 0 aromatic carbocycles. The number of hydrogen-bond donors (Lipinski definition) is 1. The molecule has 1 N–H and O–H groups in total. The highest BCUT2D eigenvalue weighted by Crippen LogP contribution is 2.44. The Morgan fingerprint density at radius 1 is 1.37 bits per heavy atom. The second-order valence-electron chi connectivity index (χ2n) is 5.53. The average molecular weight is 279 g/mol. The summed E-state index contributed by atoms with van der Waals surface area (Å²) in [6.07, 6.45) is 2.67. The molecule has 2 heterocycles. The lowest BCUT2D eigenvalue weighted by atomic mass is 9.88. The first kappa shape index (κ1) is 12.8. The normalized spacial score (nSPS) is 21.0. The van der Waals surface area contributed by atoms with E-state index in [4.69, 9.17) is 0 Å². The van der Waals surface area contributed by atoms with Gasteiger partial charge in [-0.25, -0.2) is 0 Å². The summed E-state index contributed by atoms with van der Waals surface area (Å²) >= 11 is 1.41. The zero-order chi connectivity index (χ0) is 13.5. The molecule has 0 radical (unpaired) electrons. The molecule has 0 atom stereocenters. The SMILES string of the molecule is O=C(CCC(=O)N1CC(O)(C2CC2)C1)c1cccs1. The van der Waals surface area contributed by atoms with Gasteiger partial charge >= 0.3 is 0 Å². The van der Waals surface area contributed by atoms with Gasteiger partial charge in [0, 0.05) is 12.8 Å². The third-order valence-electron chi connectivity index (χ3n) is 3.98. The summed E-state index contributed by atoms with van der Waals surface area (Å²) < 4.78 is 0. The van der Waals surface area contributed by atoms with Crippen molar-refractivity contribution in [1.29, 1.82) is 0 Å². The van der Waals surface area contributed by atoms with E-state index in [1.807, 2.05) is 11.4 Å². The first-order valence-electron chi connectivity index (χ1n) is 6.65. The van der Waals surface area contributed by atoms with E-state index in [-0.39, 0.29) is 24.5 Å². The van der Waals surface area contributed by atoms with Gasteiger partial charge in [0.15, 0.2) is 5.78 Å². The van der Waals surface area contributed by atoms with Crippen molar-refractivity contribution < 1.29 is 14.7 Å². The molecule has 0 unspecified atom stereocenters. The second-order valence-corrected chi connectivity index (χ2v) is 6.48. The number of hydrogen-bond acceptors (Lipinski definition) is 4. The topological polar surface area (TPSA) is 57.6 Å². The summed E-state index contributed by atoms with van der Waals surface area (Å²) in [7, 11) is 0. The van der Waals surface area contributed by atoms with E-state index in [1.165, 1.54) is 11.3 Å². The highest BCUT2D eigenvalue weighted by atomic mass is 32.1. The highest BCUT2D eigenvalue weighted by molar-refractivity contribution is 7.12. The molecule has 2 fully saturated rings. The molecule has 0 bridgehead atoms. The zero-order valence-electron chi connectivity index (χ0n) is 10.7. The Bertz CT molecular complexity index is 487. The van der Waals surface area contributed by atoms with Crippen LogP contribution in [-0.2, 0) is 4.79 Å². The monoisotopic (exact) mass is 279 g/mol. The minimum absolute atomic E-state index is 0.0183. The molecule has 1 amide bonds. The van der Waals surface area contributed by atoms with Crippen LogP contribution in [0.2, 0.25) is 0 Å². The van der Waals surface area contributed by atoms with Gasteiger partial charge in [-0.3, -0.25) is 9.59 Å². The lowest BCUT2D eigenvalue weighted by molar-refractivity contribution is -0.159. The van der Waals surface area contributed by atoms with Crippen molar-refractivity contribution in [3.8, 4) is 0 Å². The van der Waals surface area contributed by atoms with Crippen LogP contribution in [0.1, 0.15) is 35.4 Å². The standard InChI is InChI=1S/C14H17NO3S/c16-11(12-2-1-7-19-12)5-6-13(17)15-8-14(18,9-15)10-3-4-10/h1-2,7,10,18H,3-6,8-9H2. The molecular weight excluding hydrogens is 262 g/mol. The molecule has 1 aromatic rings. The number of β-amino-alcohol motifs (C(OH)–C–C–N with tert-alkyl or cyclic N) is 1. The van der Waals surface area contributed by atoms with Crippen molar-refractivity contribution in [3.63, 3.8) is 0 Å². The van der Waals surface area contributed by atoms with Crippen LogP contribution in [0.5, 0.6) is 0 Å². The average Bonchev–Trinajstić information content (AvgIpc) is 3.07. The Hall–Kier alpha value is -1.20. The Morgan fingerprint density at radius 3 is 2.68 bits per heavy atom. The van der Waals surface area contributed by atoms with Gasteiger partial charge in [-0.1, -0.05) is 6.07 Å². The summed E-state index contributed by atoms with van der Waals surface area (Å²) in [4.78, 5) is 26.1. The molecule has 2 aliphatic rings. The van der Waals surface area contributed by atoms with Gasteiger partial charge in [0.1, 0.15) is 5.60 Å². The van der Waals surface area contributed by atoms with Gasteiger partial charge < -0.3 is 10.0 Å². The van der Waals surface area contributed by atoms with Crippen LogP contribution in [0.3, 0.4) is 0 Å². The zero-order valence-corrected chi connectivity index (χ0v) is 11.5. The molecular formula is C14H17NO3S. The third-order valence-corrected chi connectivity index (χ3v) is 4.89. The third kappa shape index (κ3) is 2.58. The Morgan fingerprint density at radius 2 is 2.11 bits per heavy atom. The predicted octanol–water partition coefficient (Wildman–Crippen LogP) is 1.69. The highest BCUT2D eigenvalue weighted by Gasteiger charge is 2.53. The van der Waals surface area contributed by atoms with E-state index in [2.05, 4.69) is 0 Å². The fraction of sp³-hybridized carbons (Fsp3) is 0.571. The number of carbonyl (C=O) groups is 2. The van der Waals surface area contributed by atoms with Gasteiger partial charge in [-0.2, -0.15) is 0 Å². The van der Waals surface area contributed by atoms with Crippen LogP contribution in [0.25, 0.3) is 0 Å². The molecule has 5 heteroatoms. The molecule has 1 aliphatic carbocycles. The number of thiophene rings is 1. The summed E-state index contributed by atoms with van der Waals surface area (Å²) in [5, 5.41) is 12.0. The number of aliphatic hydroxyl groups is 1. The van der Waals surface area contributed by atoms with Crippen molar-refractivity contribution in [2.75, 3.05) is 13.1 Å². The van der Waals surface area contributed by atoms with Gasteiger partial charge in [0.25, 0.3) is 0 Å².